The predicted octanol–water partition coefficient (Wildman–Crippen LogP) is 3.08. The Kier molecular flexibility index (Phi) is 5.09. The third kappa shape index (κ3) is 3.40. The third-order valence-corrected chi connectivity index (χ3v) is 2.73. The van der Waals surface area contributed by atoms with E-state index in [1.165, 1.54) is 25.3 Å². The molecule has 0 unspecified atom stereocenters. The summed E-state index contributed by atoms with van der Waals surface area (Å²) in [6, 6.07) is 1.42. The molecule has 0 fully saturated rings. The van der Waals surface area contributed by atoms with E-state index in [9.17, 15) is 4.79 Å². The molecule has 0 radical (unpaired) electrons. The van der Waals surface area contributed by atoms with E-state index in [2.05, 4.69) is 6.92 Å². The summed E-state index contributed by atoms with van der Waals surface area (Å²) in [5.41, 5.74) is 0.685. The zero-order valence-corrected chi connectivity index (χ0v) is 10.3. The molecule has 0 saturated heterocycles. The van der Waals surface area contributed by atoms with Gasteiger partial charge in [-0.2, -0.15) is 0 Å². The molecular weight excluding hydrogens is 204 g/mol. The van der Waals surface area contributed by atoms with E-state index in [0.717, 1.165) is 18.4 Å². The maximum Gasteiger partial charge on any atom is 0.339 e. The van der Waals surface area contributed by atoms with Crippen LogP contribution in [-0.2, 0) is 6.42 Å². The van der Waals surface area contributed by atoms with Crippen molar-refractivity contribution in [2.24, 2.45) is 0 Å². The van der Waals surface area contributed by atoms with E-state index in [1.807, 2.05) is 6.92 Å². The molecule has 0 saturated carbocycles. The summed E-state index contributed by atoms with van der Waals surface area (Å²) < 4.78 is 10.3. The Hall–Kier alpha value is -1.25. The minimum atomic E-state index is -0.341. The van der Waals surface area contributed by atoms with Crippen LogP contribution < -0.4 is 10.4 Å². The molecule has 0 atom stereocenters. The largest absolute Gasteiger partial charge is 0.496 e. The molecule has 0 spiro atoms. The first-order valence-corrected chi connectivity index (χ1v) is 5.86. The molecule has 16 heavy (non-hydrogen) atoms. The summed E-state index contributed by atoms with van der Waals surface area (Å²) in [4.78, 5) is 11.2. The van der Waals surface area contributed by atoms with Gasteiger partial charge in [0.15, 0.2) is 0 Å². The molecule has 1 heterocycles. The number of hydrogen-bond acceptors (Lipinski definition) is 3. The lowest BCUT2D eigenvalue weighted by Crippen LogP contribution is -2.04. The molecule has 0 bridgehead atoms. The van der Waals surface area contributed by atoms with Gasteiger partial charge in [0, 0.05) is 5.56 Å². The zero-order valence-electron chi connectivity index (χ0n) is 10.3. The second kappa shape index (κ2) is 6.36. The van der Waals surface area contributed by atoms with Crippen molar-refractivity contribution < 1.29 is 9.15 Å². The van der Waals surface area contributed by atoms with Crippen molar-refractivity contribution in [3.8, 4) is 5.75 Å². The van der Waals surface area contributed by atoms with Crippen LogP contribution in [0, 0.1) is 6.92 Å². The van der Waals surface area contributed by atoms with Gasteiger partial charge in [0.1, 0.15) is 11.5 Å². The molecule has 90 valence electrons. The van der Waals surface area contributed by atoms with Gasteiger partial charge in [0.25, 0.3) is 0 Å². The van der Waals surface area contributed by atoms with Gasteiger partial charge in [-0.3, -0.25) is 0 Å². The highest BCUT2D eigenvalue weighted by Crippen LogP contribution is 2.22. The smallest absolute Gasteiger partial charge is 0.339 e. The monoisotopic (exact) mass is 224 g/mol. The highest BCUT2D eigenvalue weighted by molar-refractivity contribution is 5.33. The Labute approximate surface area is 96.4 Å². The first-order valence-electron chi connectivity index (χ1n) is 5.86. The molecule has 3 nitrogen and oxygen atoms in total. The van der Waals surface area contributed by atoms with Crippen molar-refractivity contribution in [2.75, 3.05) is 7.11 Å². The topological polar surface area (TPSA) is 39.4 Å². The van der Waals surface area contributed by atoms with Crippen LogP contribution in [0.25, 0.3) is 0 Å². The quantitative estimate of drug-likeness (QED) is 0.697. The minimum Gasteiger partial charge on any atom is -0.496 e. The van der Waals surface area contributed by atoms with E-state index in [1.54, 1.807) is 7.11 Å². The van der Waals surface area contributed by atoms with Gasteiger partial charge in [0.05, 0.1) is 13.2 Å². The first-order chi connectivity index (χ1) is 7.69. The van der Waals surface area contributed by atoms with Crippen LogP contribution >= 0.6 is 0 Å². The Balaban J connectivity index is 2.74. The summed E-state index contributed by atoms with van der Waals surface area (Å²) in [5, 5.41) is 0. The highest BCUT2D eigenvalue weighted by atomic mass is 16.5. The maximum atomic E-state index is 11.2. The number of hydrogen-bond donors (Lipinski definition) is 0. The normalized spacial score (nSPS) is 10.4. The number of rotatable bonds is 6. The first kappa shape index (κ1) is 12.8. The fraction of sp³-hybridized carbons (Fsp3) is 0.615. The lowest BCUT2D eigenvalue weighted by atomic mass is 10.1. The average Bonchev–Trinajstić information content (AvgIpc) is 2.26. The second-order valence-corrected chi connectivity index (χ2v) is 3.98. The van der Waals surface area contributed by atoms with Gasteiger partial charge in [-0.25, -0.2) is 4.79 Å². The summed E-state index contributed by atoms with van der Waals surface area (Å²) in [7, 11) is 1.59. The van der Waals surface area contributed by atoms with Gasteiger partial charge in [0.2, 0.25) is 0 Å². The van der Waals surface area contributed by atoms with Crippen molar-refractivity contribution in [1.29, 1.82) is 0 Å². The lowest BCUT2D eigenvalue weighted by Gasteiger charge is -2.09. The fourth-order valence-electron chi connectivity index (χ4n) is 1.82. The van der Waals surface area contributed by atoms with Crippen LogP contribution in [0.4, 0.5) is 0 Å². The summed E-state index contributed by atoms with van der Waals surface area (Å²) >= 11 is 0. The molecular formula is C13H20O3. The van der Waals surface area contributed by atoms with Crippen molar-refractivity contribution in [3.63, 3.8) is 0 Å². The van der Waals surface area contributed by atoms with Gasteiger partial charge in [-0.1, -0.05) is 26.2 Å². The van der Waals surface area contributed by atoms with E-state index in [-0.39, 0.29) is 5.63 Å². The molecule has 0 aromatic carbocycles. The molecule has 0 aliphatic heterocycles. The number of methoxy groups -OCH3 is 1. The Bertz CT molecular complexity index is 379. The summed E-state index contributed by atoms with van der Waals surface area (Å²) in [5.74, 6) is 1.34. The Morgan fingerprint density at radius 2 is 2.06 bits per heavy atom. The highest BCUT2D eigenvalue weighted by Gasteiger charge is 2.09. The van der Waals surface area contributed by atoms with Gasteiger partial charge < -0.3 is 9.15 Å². The zero-order chi connectivity index (χ0) is 12.0. The Morgan fingerprint density at radius 1 is 1.31 bits per heavy atom. The van der Waals surface area contributed by atoms with E-state index in [4.69, 9.17) is 9.15 Å². The van der Waals surface area contributed by atoms with E-state index >= 15 is 0 Å². The fourth-order valence-corrected chi connectivity index (χ4v) is 1.82. The van der Waals surface area contributed by atoms with E-state index < -0.39 is 0 Å². The molecule has 0 aliphatic rings. The van der Waals surface area contributed by atoms with Crippen LogP contribution in [-0.4, -0.2) is 7.11 Å². The molecule has 0 amide bonds. The maximum absolute atomic E-state index is 11.2. The van der Waals surface area contributed by atoms with E-state index in [0.29, 0.717) is 11.5 Å². The summed E-state index contributed by atoms with van der Waals surface area (Å²) in [6.07, 6.45) is 5.70. The summed E-state index contributed by atoms with van der Waals surface area (Å²) in [6.45, 7) is 4.01. The van der Waals surface area contributed by atoms with Gasteiger partial charge in [-0.05, 0) is 19.8 Å². The minimum absolute atomic E-state index is 0.341. The van der Waals surface area contributed by atoms with Crippen molar-refractivity contribution in [1.82, 2.24) is 0 Å². The average molecular weight is 224 g/mol. The standard InChI is InChI=1S/C13H20O3/c1-4-5-6-7-8-11-10(2)16-13(14)9-12(11)15-3/h9H,4-8H2,1-3H3. The number of unbranched alkanes of at least 4 members (excludes halogenated alkanes) is 3. The molecule has 1 aromatic heterocycles. The lowest BCUT2D eigenvalue weighted by molar-refractivity contribution is 0.387. The number of aryl methyl sites for hydroxylation is 1. The van der Waals surface area contributed by atoms with Gasteiger partial charge >= 0.3 is 5.63 Å². The van der Waals surface area contributed by atoms with Crippen molar-refractivity contribution in [3.05, 3.63) is 27.8 Å². The van der Waals surface area contributed by atoms with Crippen LogP contribution in [0.3, 0.4) is 0 Å². The SMILES string of the molecule is CCCCCCc1c(OC)cc(=O)oc1C. The molecule has 3 heteroatoms. The second-order valence-electron chi connectivity index (χ2n) is 3.98. The van der Waals surface area contributed by atoms with Crippen LogP contribution in [0.15, 0.2) is 15.3 Å². The molecule has 1 aromatic rings. The predicted molar refractivity (Wildman–Crippen MR) is 64.1 cm³/mol. The molecule has 0 aliphatic carbocycles. The van der Waals surface area contributed by atoms with Gasteiger partial charge in [-0.15, -0.1) is 0 Å². The number of ether oxygens (including phenoxy) is 1. The van der Waals surface area contributed by atoms with Crippen molar-refractivity contribution in [2.45, 2.75) is 46.0 Å². The van der Waals surface area contributed by atoms with Crippen molar-refractivity contribution >= 4 is 0 Å². The third-order valence-electron chi connectivity index (χ3n) is 2.73. The molecule has 1 rings (SSSR count). The van der Waals surface area contributed by atoms with Crippen LogP contribution in [0.2, 0.25) is 0 Å². The van der Waals surface area contributed by atoms with Crippen LogP contribution in [0.5, 0.6) is 5.75 Å². The van der Waals surface area contributed by atoms with Crippen LogP contribution in [0.1, 0.15) is 43.9 Å². The molecule has 0 N–H and O–H groups in total. The Morgan fingerprint density at radius 3 is 2.69 bits per heavy atom.